The smallest absolute Gasteiger partial charge is 0.289 e. The van der Waals surface area contributed by atoms with Crippen LogP contribution in [0.15, 0.2) is 18.2 Å². The molecule has 100 valence electrons. The maximum absolute atomic E-state index is 10.9. The number of rotatable bonds is 3. The number of likely N-dealkylation sites (tertiary alicyclic amines) is 1. The van der Waals surface area contributed by atoms with E-state index in [1.807, 2.05) is 6.07 Å². The van der Waals surface area contributed by atoms with Crippen LogP contribution in [-0.4, -0.2) is 36.0 Å². The summed E-state index contributed by atoms with van der Waals surface area (Å²) >= 11 is 0. The van der Waals surface area contributed by atoms with Crippen LogP contribution in [0.2, 0.25) is 0 Å². The molecular formula is C13H16N4O2. The van der Waals surface area contributed by atoms with Gasteiger partial charge in [-0.25, -0.2) is 0 Å². The van der Waals surface area contributed by atoms with Crippen molar-refractivity contribution >= 4 is 11.4 Å². The summed E-state index contributed by atoms with van der Waals surface area (Å²) in [5.74, 6) is 0. The van der Waals surface area contributed by atoms with E-state index >= 15 is 0 Å². The van der Waals surface area contributed by atoms with Crippen molar-refractivity contribution in [3.8, 4) is 6.07 Å². The van der Waals surface area contributed by atoms with Gasteiger partial charge in [-0.2, -0.15) is 5.26 Å². The van der Waals surface area contributed by atoms with E-state index in [0.29, 0.717) is 5.69 Å². The van der Waals surface area contributed by atoms with Gasteiger partial charge in [-0.15, -0.1) is 0 Å². The Kier molecular flexibility index (Phi) is 3.97. The van der Waals surface area contributed by atoms with Gasteiger partial charge >= 0.3 is 0 Å². The van der Waals surface area contributed by atoms with Crippen LogP contribution in [-0.2, 0) is 0 Å². The average molecular weight is 260 g/mol. The van der Waals surface area contributed by atoms with Gasteiger partial charge in [0.1, 0.15) is 6.07 Å². The van der Waals surface area contributed by atoms with E-state index in [2.05, 4.69) is 17.3 Å². The second-order valence-corrected chi connectivity index (χ2v) is 4.79. The van der Waals surface area contributed by atoms with Crippen LogP contribution in [0.5, 0.6) is 0 Å². The molecule has 0 saturated carbocycles. The third kappa shape index (κ3) is 3.01. The zero-order valence-corrected chi connectivity index (χ0v) is 10.8. The number of benzene rings is 1. The van der Waals surface area contributed by atoms with E-state index in [9.17, 15) is 10.1 Å². The number of hydrogen-bond donors (Lipinski definition) is 1. The Morgan fingerprint density at radius 2 is 2.16 bits per heavy atom. The Balaban J connectivity index is 2.19. The van der Waals surface area contributed by atoms with Gasteiger partial charge in [-0.3, -0.25) is 10.1 Å². The van der Waals surface area contributed by atoms with Gasteiger partial charge in [0.25, 0.3) is 5.69 Å². The quantitative estimate of drug-likeness (QED) is 0.663. The maximum Gasteiger partial charge on any atom is 0.289 e. The molecule has 0 amide bonds. The van der Waals surface area contributed by atoms with E-state index in [4.69, 9.17) is 5.26 Å². The first-order chi connectivity index (χ1) is 9.11. The van der Waals surface area contributed by atoms with Crippen molar-refractivity contribution in [1.29, 1.82) is 5.26 Å². The number of piperidine rings is 1. The Hall–Kier alpha value is -2.13. The molecule has 6 nitrogen and oxygen atoms in total. The Bertz CT molecular complexity index is 516. The molecule has 6 heteroatoms. The molecule has 1 aromatic rings. The summed E-state index contributed by atoms with van der Waals surface area (Å²) in [6.07, 6.45) is 1.95. The lowest BCUT2D eigenvalue weighted by atomic mass is 10.0. The van der Waals surface area contributed by atoms with Crippen molar-refractivity contribution in [2.45, 2.75) is 18.9 Å². The molecular weight excluding hydrogens is 244 g/mol. The fourth-order valence-corrected chi connectivity index (χ4v) is 2.30. The third-order valence-corrected chi connectivity index (χ3v) is 3.43. The van der Waals surface area contributed by atoms with Gasteiger partial charge in [0, 0.05) is 12.1 Å². The number of nitrogens with zero attached hydrogens (tertiary/aromatic N) is 3. The summed E-state index contributed by atoms with van der Waals surface area (Å²) in [4.78, 5) is 12.6. The minimum Gasteiger partial charge on any atom is -0.381 e. The summed E-state index contributed by atoms with van der Waals surface area (Å²) in [7, 11) is 2.07. The molecule has 0 bridgehead atoms. The minimum atomic E-state index is -0.515. The summed E-state index contributed by atoms with van der Waals surface area (Å²) in [5, 5.41) is 23.3. The Labute approximate surface area is 111 Å². The van der Waals surface area contributed by atoms with Gasteiger partial charge in [0.05, 0.1) is 10.6 Å². The minimum absolute atomic E-state index is 0.117. The van der Waals surface area contributed by atoms with Crippen LogP contribution in [0.1, 0.15) is 18.4 Å². The molecule has 0 aromatic heterocycles. The van der Waals surface area contributed by atoms with Crippen molar-refractivity contribution in [3.63, 3.8) is 0 Å². The topological polar surface area (TPSA) is 82.2 Å². The molecule has 2 rings (SSSR count). The predicted molar refractivity (Wildman–Crippen MR) is 72.0 cm³/mol. The summed E-state index contributed by atoms with van der Waals surface area (Å²) < 4.78 is 0. The van der Waals surface area contributed by atoms with Gasteiger partial charge in [-0.1, -0.05) is 6.07 Å². The summed E-state index contributed by atoms with van der Waals surface area (Å²) in [5.41, 5.74) is 0.540. The standard InChI is InChI=1S/C13H16N4O2/c1-16-7-5-10(6-8-16)15-12-3-2-4-13(17(18)19)11(12)9-14/h2-4,10,15H,5-8H2,1H3. The molecule has 0 aliphatic carbocycles. The SMILES string of the molecule is CN1CCC(Nc2cccc([N+](=O)[O-])c2C#N)CC1. The molecule has 1 N–H and O–H groups in total. The molecule has 0 atom stereocenters. The highest BCUT2D eigenvalue weighted by atomic mass is 16.6. The second kappa shape index (κ2) is 5.67. The first-order valence-corrected chi connectivity index (χ1v) is 6.24. The summed E-state index contributed by atoms with van der Waals surface area (Å²) in [6, 6.07) is 6.89. The van der Waals surface area contributed by atoms with Crippen molar-refractivity contribution < 1.29 is 4.92 Å². The summed E-state index contributed by atoms with van der Waals surface area (Å²) in [6.45, 7) is 1.99. The lowest BCUT2D eigenvalue weighted by Crippen LogP contribution is -2.36. The molecule has 0 radical (unpaired) electrons. The van der Waals surface area contributed by atoms with Crippen molar-refractivity contribution in [2.24, 2.45) is 0 Å². The molecule has 0 spiro atoms. The third-order valence-electron chi connectivity index (χ3n) is 3.43. The maximum atomic E-state index is 10.9. The highest BCUT2D eigenvalue weighted by Crippen LogP contribution is 2.27. The Morgan fingerprint density at radius 3 is 2.74 bits per heavy atom. The Morgan fingerprint density at radius 1 is 1.47 bits per heavy atom. The lowest BCUT2D eigenvalue weighted by Gasteiger charge is -2.30. The number of nitriles is 1. The fraction of sp³-hybridized carbons (Fsp3) is 0.462. The molecule has 1 heterocycles. The first kappa shape index (κ1) is 13.3. The van der Waals surface area contributed by atoms with Crippen LogP contribution in [0.3, 0.4) is 0 Å². The van der Waals surface area contributed by atoms with E-state index < -0.39 is 4.92 Å². The van der Waals surface area contributed by atoms with Crippen molar-refractivity contribution in [1.82, 2.24) is 4.90 Å². The van der Waals surface area contributed by atoms with Crippen LogP contribution >= 0.6 is 0 Å². The van der Waals surface area contributed by atoms with Gasteiger partial charge < -0.3 is 10.2 Å². The normalized spacial score (nSPS) is 16.8. The highest BCUT2D eigenvalue weighted by molar-refractivity contribution is 5.66. The molecule has 19 heavy (non-hydrogen) atoms. The number of nitrogens with one attached hydrogen (secondary N) is 1. The second-order valence-electron chi connectivity index (χ2n) is 4.79. The molecule has 1 aliphatic heterocycles. The monoisotopic (exact) mass is 260 g/mol. The van der Waals surface area contributed by atoms with Crippen LogP contribution in [0, 0.1) is 21.4 Å². The van der Waals surface area contributed by atoms with Crippen molar-refractivity contribution in [2.75, 3.05) is 25.5 Å². The number of nitro benzene ring substituents is 1. The lowest BCUT2D eigenvalue weighted by molar-refractivity contribution is -0.385. The average Bonchev–Trinajstić information content (AvgIpc) is 2.41. The molecule has 1 aliphatic rings. The number of hydrogen-bond acceptors (Lipinski definition) is 5. The van der Waals surface area contributed by atoms with Gasteiger partial charge in [-0.05, 0) is 39.0 Å². The first-order valence-electron chi connectivity index (χ1n) is 6.24. The van der Waals surface area contributed by atoms with Gasteiger partial charge in [0.2, 0.25) is 0 Å². The van der Waals surface area contributed by atoms with E-state index in [1.54, 1.807) is 12.1 Å². The zero-order chi connectivity index (χ0) is 13.8. The van der Waals surface area contributed by atoms with Gasteiger partial charge in [0.15, 0.2) is 5.56 Å². The predicted octanol–water partition coefficient (Wildman–Crippen LogP) is 1.97. The molecule has 1 saturated heterocycles. The number of anilines is 1. The van der Waals surface area contributed by atoms with Crippen LogP contribution < -0.4 is 5.32 Å². The van der Waals surface area contributed by atoms with Crippen molar-refractivity contribution in [3.05, 3.63) is 33.9 Å². The van der Waals surface area contributed by atoms with E-state index in [0.717, 1.165) is 25.9 Å². The largest absolute Gasteiger partial charge is 0.381 e. The van der Waals surface area contributed by atoms with E-state index in [-0.39, 0.29) is 17.3 Å². The molecule has 1 aromatic carbocycles. The van der Waals surface area contributed by atoms with Crippen LogP contribution in [0.25, 0.3) is 0 Å². The molecule has 0 unspecified atom stereocenters. The van der Waals surface area contributed by atoms with Crippen LogP contribution in [0.4, 0.5) is 11.4 Å². The highest BCUT2D eigenvalue weighted by Gasteiger charge is 2.21. The zero-order valence-electron chi connectivity index (χ0n) is 10.8. The number of nitro groups is 1. The fourth-order valence-electron chi connectivity index (χ4n) is 2.30. The van der Waals surface area contributed by atoms with E-state index in [1.165, 1.54) is 6.07 Å². The molecule has 1 fully saturated rings.